The van der Waals surface area contributed by atoms with E-state index in [1.165, 1.54) is 11.5 Å². The van der Waals surface area contributed by atoms with Crippen LogP contribution in [-0.4, -0.2) is 34.1 Å². The van der Waals surface area contributed by atoms with Gasteiger partial charge in [-0.15, -0.1) is 5.10 Å². The molecule has 0 saturated carbocycles. The van der Waals surface area contributed by atoms with Gasteiger partial charge in [0, 0.05) is 30.7 Å². The van der Waals surface area contributed by atoms with Crippen molar-refractivity contribution in [3.05, 3.63) is 5.69 Å². The summed E-state index contributed by atoms with van der Waals surface area (Å²) >= 11 is 1.44. The van der Waals surface area contributed by atoms with Crippen molar-refractivity contribution in [3.63, 3.8) is 0 Å². The van der Waals surface area contributed by atoms with Gasteiger partial charge in [0.25, 0.3) is 0 Å². The Bertz CT molecular complexity index is 343. The van der Waals surface area contributed by atoms with E-state index in [9.17, 15) is 0 Å². The summed E-state index contributed by atoms with van der Waals surface area (Å²) in [5.74, 6) is 0. The maximum absolute atomic E-state index is 4.20. The van der Waals surface area contributed by atoms with Crippen molar-refractivity contribution in [3.8, 4) is 0 Å². The number of rotatable bonds is 5. The lowest BCUT2D eigenvalue weighted by molar-refractivity contribution is 0.133. The molecule has 0 radical (unpaired) electrons. The van der Waals surface area contributed by atoms with Gasteiger partial charge in [-0.3, -0.25) is 4.90 Å². The van der Waals surface area contributed by atoms with E-state index >= 15 is 0 Å². The minimum atomic E-state index is 0.274. The number of hydrogen-bond acceptors (Lipinski definition) is 5. The first kappa shape index (κ1) is 14.4. The lowest BCUT2D eigenvalue weighted by atomic mass is 9.87. The van der Waals surface area contributed by atoms with Gasteiger partial charge >= 0.3 is 0 Å². The van der Waals surface area contributed by atoms with Crippen LogP contribution in [0.25, 0.3) is 0 Å². The fourth-order valence-electron chi connectivity index (χ4n) is 1.64. The third kappa shape index (κ3) is 3.92. The molecule has 1 atom stereocenters. The highest BCUT2D eigenvalue weighted by atomic mass is 32.1. The molecular formula is C12H24N4S. The van der Waals surface area contributed by atoms with Gasteiger partial charge in [0.15, 0.2) is 0 Å². The van der Waals surface area contributed by atoms with E-state index in [4.69, 9.17) is 0 Å². The molecule has 17 heavy (non-hydrogen) atoms. The molecule has 0 aliphatic carbocycles. The van der Waals surface area contributed by atoms with Crippen molar-refractivity contribution in [1.82, 2.24) is 14.5 Å². The molecule has 0 aliphatic rings. The summed E-state index contributed by atoms with van der Waals surface area (Å²) in [7, 11) is 2.14. The van der Waals surface area contributed by atoms with E-state index < -0.39 is 0 Å². The molecule has 1 N–H and O–H groups in total. The van der Waals surface area contributed by atoms with Gasteiger partial charge in [-0.2, -0.15) is 0 Å². The average Bonchev–Trinajstić information content (AvgIpc) is 2.64. The van der Waals surface area contributed by atoms with E-state index in [1.54, 1.807) is 0 Å². The van der Waals surface area contributed by atoms with E-state index in [0.717, 1.165) is 23.8 Å². The Balaban J connectivity index is 2.67. The highest BCUT2D eigenvalue weighted by Gasteiger charge is 2.24. The second-order valence-corrected chi connectivity index (χ2v) is 6.29. The third-order valence-corrected chi connectivity index (χ3v) is 3.93. The van der Waals surface area contributed by atoms with Crippen molar-refractivity contribution in [1.29, 1.82) is 0 Å². The van der Waals surface area contributed by atoms with Crippen molar-refractivity contribution >= 4 is 16.5 Å². The summed E-state index contributed by atoms with van der Waals surface area (Å²) < 4.78 is 4.02. The first-order valence-electron chi connectivity index (χ1n) is 6.11. The normalized spacial score (nSPS) is 14.1. The summed E-state index contributed by atoms with van der Waals surface area (Å²) in [4.78, 5) is 2.33. The van der Waals surface area contributed by atoms with E-state index in [1.807, 2.05) is 0 Å². The lowest BCUT2D eigenvalue weighted by Crippen LogP contribution is -2.39. The number of aromatic nitrogens is 2. The molecule has 1 rings (SSSR count). The third-order valence-electron chi connectivity index (χ3n) is 3.21. The second-order valence-electron chi connectivity index (χ2n) is 5.54. The minimum Gasteiger partial charge on any atom is -0.374 e. The Hall–Kier alpha value is -0.680. The van der Waals surface area contributed by atoms with Crippen LogP contribution < -0.4 is 5.32 Å². The highest BCUT2D eigenvalue weighted by Crippen LogP contribution is 2.26. The molecule has 0 fully saturated rings. The van der Waals surface area contributed by atoms with E-state index in [-0.39, 0.29) is 5.41 Å². The van der Waals surface area contributed by atoms with Gasteiger partial charge in [-0.05, 0) is 26.3 Å². The van der Waals surface area contributed by atoms with Crippen LogP contribution in [0.15, 0.2) is 0 Å². The fraction of sp³-hybridized carbons (Fsp3) is 0.833. The van der Waals surface area contributed by atoms with Crippen molar-refractivity contribution in [2.75, 3.05) is 18.9 Å². The quantitative estimate of drug-likeness (QED) is 0.879. The molecule has 4 nitrogen and oxygen atoms in total. The molecule has 98 valence electrons. The standard InChI is InChI=1S/C12H24N4S/c1-7-13-11-10(14-15-17-11)8-16(6)9(2)12(3,4)5/h9,13H,7-8H2,1-6H3. The van der Waals surface area contributed by atoms with Crippen LogP contribution in [0.5, 0.6) is 0 Å². The maximum Gasteiger partial charge on any atom is 0.134 e. The second kappa shape index (κ2) is 5.78. The molecule has 1 aromatic rings. The summed E-state index contributed by atoms with van der Waals surface area (Å²) in [6.45, 7) is 12.9. The molecule has 0 aliphatic heterocycles. The van der Waals surface area contributed by atoms with Crippen LogP contribution in [0, 0.1) is 5.41 Å². The van der Waals surface area contributed by atoms with Gasteiger partial charge in [0.2, 0.25) is 0 Å². The minimum absolute atomic E-state index is 0.274. The van der Waals surface area contributed by atoms with Crippen LogP contribution in [0.1, 0.15) is 40.3 Å². The van der Waals surface area contributed by atoms with Crippen LogP contribution >= 0.6 is 11.5 Å². The summed E-state index contributed by atoms with van der Waals surface area (Å²) in [6.07, 6.45) is 0. The zero-order valence-corrected chi connectivity index (χ0v) is 12.6. The van der Waals surface area contributed by atoms with E-state index in [2.05, 4.69) is 61.5 Å². The van der Waals surface area contributed by atoms with Crippen molar-refractivity contribution in [2.24, 2.45) is 5.41 Å². The number of nitrogens with zero attached hydrogens (tertiary/aromatic N) is 3. The van der Waals surface area contributed by atoms with Crippen LogP contribution in [0.4, 0.5) is 5.00 Å². The molecule has 0 bridgehead atoms. The molecule has 0 aromatic carbocycles. The van der Waals surface area contributed by atoms with Gasteiger partial charge in [0.05, 0.1) is 0 Å². The van der Waals surface area contributed by atoms with Crippen LogP contribution in [-0.2, 0) is 6.54 Å². The van der Waals surface area contributed by atoms with Gasteiger partial charge in [0.1, 0.15) is 10.7 Å². The number of hydrogen-bond donors (Lipinski definition) is 1. The van der Waals surface area contributed by atoms with Crippen molar-refractivity contribution < 1.29 is 0 Å². The summed E-state index contributed by atoms with van der Waals surface area (Å²) in [6, 6.07) is 0.499. The number of anilines is 1. The fourth-order valence-corrected chi connectivity index (χ4v) is 2.28. The monoisotopic (exact) mass is 256 g/mol. The molecule has 0 spiro atoms. The smallest absolute Gasteiger partial charge is 0.134 e. The predicted octanol–water partition coefficient (Wildman–Crippen LogP) is 2.84. The Morgan fingerprint density at radius 1 is 1.41 bits per heavy atom. The van der Waals surface area contributed by atoms with Gasteiger partial charge < -0.3 is 5.32 Å². The Labute approximate surface area is 109 Å². The Morgan fingerprint density at radius 2 is 2.06 bits per heavy atom. The first-order valence-corrected chi connectivity index (χ1v) is 6.89. The molecule has 1 aromatic heterocycles. The Morgan fingerprint density at radius 3 is 2.59 bits per heavy atom. The summed E-state index contributed by atoms with van der Waals surface area (Å²) in [5.41, 5.74) is 1.33. The zero-order valence-electron chi connectivity index (χ0n) is 11.7. The Kier molecular flexibility index (Phi) is 4.89. The van der Waals surface area contributed by atoms with Crippen molar-refractivity contribution in [2.45, 2.75) is 47.2 Å². The average molecular weight is 256 g/mol. The van der Waals surface area contributed by atoms with E-state index in [0.29, 0.717) is 6.04 Å². The lowest BCUT2D eigenvalue weighted by Gasteiger charge is -2.35. The summed E-state index contributed by atoms with van der Waals surface area (Å²) in [5, 5.41) is 8.61. The molecule has 0 saturated heterocycles. The molecule has 5 heteroatoms. The number of nitrogens with one attached hydrogen (secondary N) is 1. The van der Waals surface area contributed by atoms with Gasteiger partial charge in [-0.1, -0.05) is 25.3 Å². The predicted molar refractivity (Wildman–Crippen MR) is 74.5 cm³/mol. The van der Waals surface area contributed by atoms with Gasteiger partial charge in [-0.25, -0.2) is 0 Å². The molecular weight excluding hydrogens is 232 g/mol. The van der Waals surface area contributed by atoms with Crippen LogP contribution in [0.3, 0.4) is 0 Å². The first-order chi connectivity index (χ1) is 7.86. The molecule has 1 heterocycles. The van der Waals surface area contributed by atoms with Crippen LogP contribution in [0.2, 0.25) is 0 Å². The molecule has 0 amide bonds. The molecule has 1 unspecified atom stereocenters. The highest BCUT2D eigenvalue weighted by molar-refractivity contribution is 7.10. The largest absolute Gasteiger partial charge is 0.374 e. The SMILES string of the molecule is CCNc1snnc1CN(C)C(C)C(C)(C)C. The zero-order chi connectivity index (χ0) is 13.1. The maximum atomic E-state index is 4.20. The topological polar surface area (TPSA) is 41.1 Å².